The molecule has 1 N–H and O–H groups in total. The fourth-order valence-electron chi connectivity index (χ4n) is 1.39. The largest absolute Gasteiger partial charge is 0.310 e. The average molecular weight is 191 g/mol. The molecule has 0 amide bonds. The van der Waals surface area contributed by atoms with E-state index in [4.69, 9.17) is 0 Å². The van der Waals surface area contributed by atoms with Gasteiger partial charge in [-0.05, 0) is 31.9 Å². The summed E-state index contributed by atoms with van der Waals surface area (Å²) in [5.74, 6) is 0.711. The van der Waals surface area contributed by atoms with E-state index in [1.54, 1.807) is 0 Å². The monoisotopic (exact) mass is 191 g/mol. The van der Waals surface area contributed by atoms with Gasteiger partial charge in [0.1, 0.15) is 0 Å². The zero-order valence-corrected chi connectivity index (χ0v) is 9.67. The topological polar surface area (TPSA) is 12.0 Å². The third kappa shape index (κ3) is 3.51. The van der Waals surface area contributed by atoms with Crippen molar-refractivity contribution in [2.45, 2.75) is 33.7 Å². The van der Waals surface area contributed by atoms with Gasteiger partial charge in [0.05, 0.1) is 0 Å². The van der Waals surface area contributed by atoms with Crippen LogP contribution in [0.2, 0.25) is 0 Å². The third-order valence-electron chi connectivity index (χ3n) is 2.41. The Kier molecular flexibility index (Phi) is 4.15. The van der Waals surface area contributed by atoms with E-state index in [2.05, 4.69) is 57.3 Å². The molecule has 1 rings (SSSR count). The molecule has 1 atom stereocenters. The normalized spacial score (nSPS) is 13.2. The number of rotatable bonds is 4. The predicted molar refractivity (Wildman–Crippen MR) is 62.4 cm³/mol. The maximum absolute atomic E-state index is 3.52. The second-order valence-electron chi connectivity index (χ2n) is 4.43. The summed E-state index contributed by atoms with van der Waals surface area (Å²) in [6.45, 7) is 9.88. The summed E-state index contributed by atoms with van der Waals surface area (Å²) in [5, 5.41) is 3.52. The molecule has 0 saturated carbocycles. The van der Waals surface area contributed by atoms with Gasteiger partial charge in [0.15, 0.2) is 0 Å². The van der Waals surface area contributed by atoms with Gasteiger partial charge in [-0.25, -0.2) is 0 Å². The molecule has 0 aliphatic carbocycles. The van der Waals surface area contributed by atoms with Crippen LogP contribution in [0.5, 0.6) is 0 Å². The van der Waals surface area contributed by atoms with Gasteiger partial charge >= 0.3 is 0 Å². The van der Waals surface area contributed by atoms with E-state index in [-0.39, 0.29) is 0 Å². The lowest BCUT2D eigenvalue weighted by Gasteiger charge is -2.15. The average Bonchev–Trinajstić information content (AvgIpc) is 2.15. The molecule has 0 spiro atoms. The van der Waals surface area contributed by atoms with Crippen LogP contribution >= 0.6 is 0 Å². The maximum atomic E-state index is 3.52. The highest BCUT2D eigenvalue weighted by atomic mass is 14.9. The molecule has 0 aromatic heterocycles. The molecular weight excluding hydrogens is 170 g/mol. The minimum Gasteiger partial charge on any atom is -0.310 e. The Morgan fingerprint density at radius 3 is 2.14 bits per heavy atom. The van der Waals surface area contributed by atoms with Gasteiger partial charge in [0.25, 0.3) is 0 Å². The van der Waals surface area contributed by atoms with E-state index >= 15 is 0 Å². The van der Waals surface area contributed by atoms with Crippen LogP contribution in [0, 0.1) is 12.8 Å². The van der Waals surface area contributed by atoms with Crippen molar-refractivity contribution in [2.24, 2.45) is 5.92 Å². The lowest BCUT2D eigenvalue weighted by Crippen LogP contribution is -2.23. The molecule has 0 bridgehead atoms. The van der Waals surface area contributed by atoms with Gasteiger partial charge in [-0.2, -0.15) is 0 Å². The summed E-state index contributed by atoms with van der Waals surface area (Å²) in [6.07, 6.45) is 0. The molecule has 1 aromatic carbocycles. The summed E-state index contributed by atoms with van der Waals surface area (Å²) in [5.41, 5.74) is 2.70. The smallest absolute Gasteiger partial charge is 0.0291 e. The fourth-order valence-corrected chi connectivity index (χ4v) is 1.39. The zero-order valence-electron chi connectivity index (χ0n) is 9.67. The summed E-state index contributed by atoms with van der Waals surface area (Å²) < 4.78 is 0. The lowest BCUT2D eigenvalue weighted by molar-refractivity contribution is 0.496. The second kappa shape index (κ2) is 5.16. The summed E-state index contributed by atoms with van der Waals surface area (Å²) in [6, 6.07) is 9.20. The highest BCUT2D eigenvalue weighted by molar-refractivity contribution is 5.23. The Morgan fingerprint density at radius 1 is 1.07 bits per heavy atom. The van der Waals surface area contributed by atoms with E-state index in [0.29, 0.717) is 12.0 Å². The van der Waals surface area contributed by atoms with Crippen LogP contribution < -0.4 is 5.32 Å². The maximum Gasteiger partial charge on any atom is 0.0291 e. The Hall–Kier alpha value is -0.820. The molecule has 1 nitrogen and oxygen atoms in total. The quantitative estimate of drug-likeness (QED) is 0.770. The number of hydrogen-bond acceptors (Lipinski definition) is 1. The summed E-state index contributed by atoms with van der Waals surface area (Å²) in [4.78, 5) is 0. The van der Waals surface area contributed by atoms with Crippen LogP contribution in [0.15, 0.2) is 24.3 Å². The Morgan fingerprint density at radius 2 is 1.64 bits per heavy atom. The van der Waals surface area contributed by atoms with Crippen molar-refractivity contribution in [1.82, 2.24) is 5.32 Å². The molecule has 0 saturated heterocycles. The molecule has 0 radical (unpaired) electrons. The van der Waals surface area contributed by atoms with Gasteiger partial charge in [-0.15, -0.1) is 0 Å². The number of aryl methyl sites for hydroxylation is 1. The SMILES string of the molecule is Cc1ccc([C@@H](C)NCC(C)C)cc1. The molecule has 0 heterocycles. The number of nitrogens with one attached hydrogen (secondary N) is 1. The van der Waals surface area contributed by atoms with E-state index < -0.39 is 0 Å². The first-order valence-electron chi connectivity index (χ1n) is 5.39. The molecule has 78 valence electrons. The van der Waals surface area contributed by atoms with Crippen LogP contribution in [0.3, 0.4) is 0 Å². The Labute approximate surface area is 87.5 Å². The first-order chi connectivity index (χ1) is 6.59. The lowest BCUT2D eigenvalue weighted by atomic mass is 10.1. The fraction of sp³-hybridized carbons (Fsp3) is 0.538. The van der Waals surface area contributed by atoms with E-state index in [0.717, 1.165) is 6.54 Å². The van der Waals surface area contributed by atoms with Crippen LogP contribution in [-0.4, -0.2) is 6.54 Å². The van der Waals surface area contributed by atoms with Crippen molar-refractivity contribution in [3.63, 3.8) is 0 Å². The predicted octanol–water partition coefficient (Wildman–Crippen LogP) is 3.30. The van der Waals surface area contributed by atoms with Crippen molar-refractivity contribution in [1.29, 1.82) is 0 Å². The highest BCUT2D eigenvalue weighted by Crippen LogP contribution is 2.13. The van der Waals surface area contributed by atoms with Gasteiger partial charge in [-0.3, -0.25) is 0 Å². The minimum atomic E-state index is 0.456. The van der Waals surface area contributed by atoms with Crippen molar-refractivity contribution in [3.8, 4) is 0 Å². The van der Waals surface area contributed by atoms with Crippen molar-refractivity contribution >= 4 is 0 Å². The van der Waals surface area contributed by atoms with Crippen LogP contribution in [-0.2, 0) is 0 Å². The van der Waals surface area contributed by atoms with Crippen molar-refractivity contribution in [2.75, 3.05) is 6.54 Å². The van der Waals surface area contributed by atoms with Crippen LogP contribution in [0.4, 0.5) is 0 Å². The van der Waals surface area contributed by atoms with Crippen molar-refractivity contribution in [3.05, 3.63) is 35.4 Å². The highest BCUT2D eigenvalue weighted by Gasteiger charge is 2.04. The molecule has 0 aliphatic rings. The Balaban J connectivity index is 2.52. The molecule has 1 heteroatoms. The molecule has 1 aromatic rings. The minimum absolute atomic E-state index is 0.456. The standard InChI is InChI=1S/C13H21N/c1-10(2)9-14-12(4)13-7-5-11(3)6-8-13/h5-8,10,12,14H,9H2,1-4H3/t12-/m1/s1. The summed E-state index contributed by atoms with van der Waals surface area (Å²) in [7, 11) is 0. The van der Waals surface area contributed by atoms with Crippen molar-refractivity contribution < 1.29 is 0 Å². The van der Waals surface area contributed by atoms with Gasteiger partial charge in [-0.1, -0.05) is 43.7 Å². The first-order valence-corrected chi connectivity index (χ1v) is 5.39. The second-order valence-corrected chi connectivity index (χ2v) is 4.43. The van der Waals surface area contributed by atoms with Crippen LogP contribution in [0.25, 0.3) is 0 Å². The molecule has 0 aliphatic heterocycles. The molecule has 0 unspecified atom stereocenters. The number of hydrogen-bond donors (Lipinski definition) is 1. The van der Waals surface area contributed by atoms with E-state index in [1.807, 2.05) is 0 Å². The zero-order chi connectivity index (χ0) is 10.6. The molecular formula is C13H21N. The molecule has 14 heavy (non-hydrogen) atoms. The van der Waals surface area contributed by atoms with Gasteiger partial charge < -0.3 is 5.32 Å². The first kappa shape index (κ1) is 11.3. The Bertz CT molecular complexity index is 261. The van der Waals surface area contributed by atoms with Gasteiger partial charge in [0, 0.05) is 6.04 Å². The van der Waals surface area contributed by atoms with Crippen LogP contribution in [0.1, 0.15) is 37.9 Å². The number of benzene rings is 1. The van der Waals surface area contributed by atoms with E-state index in [9.17, 15) is 0 Å². The summed E-state index contributed by atoms with van der Waals surface area (Å²) >= 11 is 0. The van der Waals surface area contributed by atoms with E-state index in [1.165, 1.54) is 11.1 Å². The van der Waals surface area contributed by atoms with Gasteiger partial charge in [0.2, 0.25) is 0 Å². The molecule has 0 fully saturated rings. The third-order valence-corrected chi connectivity index (χ3v) is 2.41.